The van der Waals surface area contributed by atoms with Gasteiger partial charge in [-0.3, -0.25) is 14.8 Å². The van der Waals surface area contributed by atoms with E-state index in [0.717, 1.165) is 17.7 Å². The summed E-state index contributed by atoms with van der Waals surface area (Å²) in [6.45, 7) is 2.58. The maximum Gasteiger partial charge on any atom is 0.252 e. The molecule has 2 N–H and O–H groups in total. The van der Waals surface area contributed by atoms with Gasteiger partial charge in [-0.25, -0.2) is 4.98 Å². The van der Waals surface area contributed by atoms with Crippen molar-refractivity contribution in [3.8, 4) is 0 Å². The van der Waals surface area contributed by atoms with Crippen molar-refractivity contribution in [2.75, 3.05) is 5.32 Å². The fourth-order valence-electron chi connectivity index (χ4n) is 1.46. The van der Waals surface area contributed by atoms with Gasteiger partial charge in [0.15, 0.2) is 0 Å². The molecule has 17 heavy (non-hydrogen) atoms. The third kappa shape index (κ3) is 3.14. The zero-order valence-corrected chi connectivity index (χ0v) is 9.60. The monoisotopic (exact) mass is 230 g/mol. The maximum absolute atomic E-state index is 11.3. The number of hydrogen-bond donors (Lipinski definition) is 2. The van der Waals surface area contributed by atoms with Crippen molar-refractivity contribution in [1.82, 2.24) is 15.0 Å². The van der Waals surface area contributed by atoms with Crippen molar-refractivity contribution in [2.24, 2.45) is 0 Å². The van der Waals surface area contributed by atoms with Gasteiger partial charge in [-0.05, 0) is 24.1 Å². The van der Waals surface area contributed by atoms with Crippen LogP contribution in [0, 0.1) is 0 Å². The first-order valence-electron chi connectivity index (χ1n) is 5.51. The highest BCUT2D eigenvalue weighted by Gasteiger charge is 1.99. The Morgan fingerprint density at radius 3 is 2.82 bits per heavy atom. The lowest BCUT2D eigenvalue weighted by atomic mass is 10.3. The summed E-state index contributed by atoms with van der Waals surface area (Å²) in [5.41, 5.74) is 1.74. The number of nitrogens with one attached hydrogen (secondary N) is 2. The predicted octanol–water partition coefficient (Wildman–Crippen LogP) is 1.34. The van der Waals surface area contributed by atoms with Gasteiger partial charge in [0.2, 0.25) is 5.95 Å². The Hall–Kier alpha value is -2.17. The molecular weight excluding hydrogens is 216 g/mol. The van der Waals surface area contributed by atoms with Crippen LogP contribution in [-0.4, -0.2) is 15.0 Å². The molecule has 0 aliphatic rings. The maximum atomic E-state index is 11.3. The van der Waals surface area contributed by atoms with Crippen LogP contribution >= 0.6 is 0 Å². The van der Waals surface area contributed by atoms with E-state index in [2.05, 4.69) is 20.3 Å². The third-order valence-electron chi connectivity index (χ3n) is 2.37. The molecule has 2 aromatic heterocycles. The highest BCUT2D eigenvalue weighted by atomic mass is 16.1. The first-order valence-corrected chi connectivity index (χ1v) is 5.51. The van der Waals surface area contributed by atoms with E-state index in [-0.39, 0.29) is 5.56 Å². The van der Waals surface area contributed by atoms with Gasteiger partial charge >= 0.3 is 0 Å². The summed E-state index contributed by atoms with van der Waals surface area (Å²) >= 11 is 0. The Morgan fingerprint density at radius 2 is 2.12 bits per heavy atom. The van der Waals surface area contributed by atoms with E-state index in [9.17, 15) is 4.79 Å². The topological polar surface area (TPSA) is 70.7 Å². The third-order valence-corrected chi connectivity index (χ3v) is 2.37. The van der Waals surface area contributed by atoms with Crippen LogP contribution in [0.1, 0.15) is 18.2 Å². The van der Waals surface area contributed by atoms with E-state index in [1.54, 1.807) is 12.4 Å². The zero-order valence-electron chi connectivity index (χ0n) is 9.60. The van der Waals surface area contributed by atoms with Gasteiger partial charge in [0.05, 0.1) is 0 Å². The van der Waals surface area contributed by atoms with Crippen LogP contribution < -0.4 is 10.9 Å². The second-order valence-corrected chi connectivity index (χ2v) is 3.65. The molecule has 0 unspecified atom stereocenters. The molecule has 0 saturated carbocycles. The Bertz CT molecular complexity index is 536. The van der Waals surface area contributed by atoms with Gasteiger partial charge < -0.3 is 5.32 Å². The van der Waals surface area contributed by atoms with Gasteiger partial charge in [-0.2, -0.15) is 0 Å². The summed E-state index contributed by atoms with van der Waals surface area (Å²) in [7, 11) is 0. The molecule has 0 saturated heterocycles. The SMILES string of the molecule is CCc1cc(=O)[nH]c(NCc2ccncc2)n1. The lowest BCUT2D eigenvalue weighted by Crippen LogP contribution is -2.13. The van der Waals surface area contributed by atoms with Crippen molar-refractivity contribution in [1.29, 1.82) is 0 Å². The normalized spacial score (nSPS) is 10.2. The minimum absolute atomic E-state index is 0.130. The quantitative estimate of drug-likeness (QED) is 0.831. The van der Waals surface area contributed by atoms with Crippen molar-refractivity contribution in [3.63, 3.8) is 0 Å². The standard InChI is InChI=1S/C12H14N4O/c1-2-10-7-11(17)16-12(15-10)14-8-9-3-5-13-6-4-9/h3-7H,2,8H2,1H3,(H2,14,15,16,17). The summed E-state index contributed by atoms with van der Waals surface area (Å²) < 4.78 is 0. The molecule has 0 atom stereocenters. The number of pyridine rings is 1. The van der Waals surface area contributed by atoms with Crippen molar-refractivity contribution in [3.05, 3.63) is 52.2 Å². The van der Waals surface area contributed by atoms with E-state index in [4.69, 9.17) is 0 Å². The average molecular weight is 230 g/mol. The number of nitrogens with zero attached hydrogens (tertiary/aromatic N) is 2. The van der Waals surface area contributed by atoms with Gasteiger partial charge in [-0.1, -0.05) is 6.92 Å². The van der Waals surface area contributed by atoms with Gasteiger partial charge in [0.25, 0.3) is 5.56 Å². The first kappa shape index (κ1) is 11.3. The molecule has 2 rings (SSSR count). The molecule has 0 spiro atoms. The Morgan fingerprint density at radius 1 is 1.35 bits per heavy atom. The number of rotatable bonds is 4. The smallest absolute Gasteiger partial charge is 0.252 e. The summed E-state index contributed by atoms with van der Waals surface area (Å²) in [5, 5.41) is 3.08. The average Bonchev–Trinajstić information content (AvgIpc) is 2.37. The molecule has 88 valence electrons. The number of hydrogen-bond acceptors (Lipinski definition) is 4. The number of aryl methyl sites for hydroxylation is 1. The number of aromatic amines is 1. The molecule has 0 fully saturated rings. The molecule has 2 aromatic rings. The second-order valence-electron chi connectivity index (χ2n) is 3.65. The molecule has 0 aromatic carbocycles. The van der Waals surface area contributed by atoms with Crippen molar-refractivity contribution < 1.29 is 0 Å². The lowest BCUT2D eigenvalue weighted by molar-refractivity contribution is 0.957. The molecule has 0 bridgehead atoms. The van der Waals surface area contributed by atoms with Crippen LogP contribution in [0.2, 0.25) is 0 Å². The molecule has 5 heteroatoms. The second kappa shape index (κ2) is 5.25. The molecule has 0 radical (unpaired) electrons. The largest absolute Gasteiger partial charge is 0.352 e. The van der Waals surface area contributed by atoms with Gasteiger partial charge in [-0.15, -0.1) is 0 Å². The van der Waals surface area contributed by atoms with Crippen LogP contribution in [-0.2, 0) is 13.0 Å². The summed E-state index contributed by atoms with van der Waals surface area (Å²) in [6, 6.07) is 5.33. The first-order chi connectivity index (χ1) is 8.28. The molecule has 0 aliphatic carbocycles. The van der Waals surface area contributed by atoms with Crippen LogP contribution in [0.15, 0.2) is 35.4 Å². The molecule has 0 aliphatic heterocycles. The van der Waals surface area contributed by atoms with Crippen LogP contribution in [0.5, 0.6) is 0 Å². The molecular formula is C12H14N4O. The lowest BCUT2D eigenvalue weighted by Gasteiger charge is -2.06. The van der Waals surface area contributed by atoms with E-state index in [1.807, 2.05) is 19.1 Å². The molecule has 0 amide bonds. The van der Waals surface area contributed by atoms with Crippen LogP contribution in [0.4, 0.5) is 5.95 Å². The van der Waals surface area contributed by atoms with E-state index >= 15 is 0 Å². The minimum atomic E-state index is -0.130. The number of H-pyrrole nitrogens is 1. The Kier molecular flexibility index (Phi) is 3.49. The number of aromatic nitrogens is 3. The molecule has 2 heterocycles. The van der Waals surface area contributed by atoms with E-state index < -0.39 is 0 Å². The summed E-state index contributed by atoms with van der Waals surface area (Å²) in [4.78, 5) is 22.2. The van der Waals surface area contributed by atoms with Crippen molar-refractivity contribution >= 4 is 5.95 Å². The van der Waals surface area contributed by atoms with Gasteiger partial charge in [0, 0.05) is 30.7 Å². The Balaban J connectivity index is 2.09. The summed E-state index contributed by atoms with van der Waals surface area (Å²) in [5.74, 6) is 0.506. The molecule has 5 nitrogen and oxygen atoms in total. The van der Waals surface area contributed by atoms with Crippen molar-refractivity contribution in [2.45, 2.75) is 19.9 Å². The number of anilines is 1. The van der Waals surface area contributed by atoms with E-state index in [1.165, 1.54) is 6.07 Å². The Labute approximate surface area is 99.0 Å². The zero-order chi connectivity index (χ0) is 12.1. The predicted molar refractivity (Wildman–Crippen MR) is 65.8 cm³/mol. The van der Waals surface area contributed by atoms with Crippen LogP contribution in [0.25, 0.3) is 0 Å². The summed E-state index contributed by atoms with van der Waals surface area (Å²) in [6.07, 6.45) is 4.21. The fraction of sp³-hybridized carbons (Fsp3) is 0.250. The van der Waals surface area contributed by atoms with Gasteiger partial charge in [0.1, 0.15) is 0 Å². The highest BCUT2D eigenvalue weighted by molar-refractivity contribution is 5.27. The fourth-order valence-corrected chi connectivity index (χ4v) is 1.46. The van der Waals surface area contributed by atoms with Crippen LogP contribution in [0.3, 0.4) is 0 Å². The highest BCUT2D eigenvalue weighted by Crippen LogP contribution is 2.02. The van der Waals surface area contributed by atoms with E-state index in [0.29, 0.717) is 12.5 Å². The minimum Gasteiger partial charge on any atom is -0.352 e.